The van der Waals surface area contributed by atoms with Gasteiger partial charge in [-0.2, -0.15) is 0 Å². The van der Waals surface area contributed by atoms with E-state index in [4.69, 9.17) is 9.47 Å². The standard InChI is InChI=1S/C15H20O8/c1-5-7-6(16)4-13(2,23-20)15-9(8(7)21-12(5)18)14(3,19)10(17)11(15)22-15/h6-11,16-17,19-20H,1,4H2,2-3H3/t6-,7-,8+,9-,10+,11-,13-,14+,15+/m1/s1. The van der Waals surface area contributed by atoms with E-state index in [0.29, 0.717) is 0 Å². The van der Waals surface area contributed by atoms with Crippen molar-refractivity contribution < 1.29 is 39.7 Å². The summed E-state index contributed by atoms with van der Waals surface area (Å²) in [7, 11) is 0. The van der Waals surface area contributed by atoms with E-state index in [1.54, 1.807) is 6.92 Å². The van der Waals surface area contributed by atoms with E-state index in [9.17, 15) is 25.4 Å². The Kier molecular flexibility index (Phi) is 2.79. The molecule has 2 heterocycles. The number of aliphatic hydroxyl groups is 3. The molecule has 0 aromatic heterocycles. The normalized spacial score (nSPS) is 60.6. The Hall–Kier alpha value is -1.03. The van der Waals surface area contributed by atoms with Crippen LogP contribution in [0.15, 0.2) is 12.2 Å². The number of rotatable bonds is 1. The number of epoxide rings is 1. The van der Waals surface area contributed by atoms with Crippen molar-refractivity contribution in [3.63, 3.8) is 0 Å². The molecule has 23 heavy (non-hydrogen) atoms. The number of carbonyl (C=O) groups is 1. The third-order valence-corrected chi connectivity index (χ3v) is 6.30. The summed E-state index contributed by atoms with van der Waals surface area (Å²) in [5, 5.41) is 41.3. The second-order valence-electron chi connectivity index (χ2n) is 7.49. The molecule has 4 fully saturated rings. The Morgan fingerprint density at radius 2 is 2.00 bits per heavy atom. The highest BCUT2D eigenvalue weighted by Gasteiger charge is 2.87. The Morgan fingerprint density at radius 3 is 2.61 bits per heavy atom. The van der Waals surface area contributed by atoms with Gasteiger partial charge in [-0.25, -0.2) is 9.68 Å². The Balaban J connectivity index is 1.90. The zero-order chi connectivity index (χ0) is 16.9. The van der Waals surface area contributed by atoms with Gasteiger partial charge in [0.15, 0.2) is 0 Å². The van der Waals surface area contributed by atoms with E-state index >= 15 is 0 Å². The molecule has 2 saturated heterocycles. The van der Waals surface area contributed by atoms with Gasteiger partial charge in [-0.1, -0.05) is 6.58 Å². The second kappa shape index (κ2) is 4.14. The zero-order valence-electron chi connectivity index (χ0n) is 12.8. The summed E-state index contributed by atoms with van der Waals surface area (Å²) >= 11 is 0. The molecule has 9 atom stereocenters. The minimum atomic E-state index is -1.64. The lowest BCUT2D eigenvalue weighted by Crippen LogP contribution is -2.57. The van der Waals surface area contributed by atoms with Gasteiger partial charge in [-0.3, -0.25) is 5.26 Å². The molecule has 8 nitrogen and oxygen atoms in total. The lowest BCUT2D eigenvalue weighted by molar-refractivity contribution is -0.345. The van der Waals surface area contributed by atoms with E-state index in [1.165, 1.54) is 6.92 Å². The molecule has 2 aliphatic carbocycles. The van der Waals surface area contributed by atoms with Gasteiger partial charge in [0.1, 0.15) is 29.5 Å². The highest BCUT2D eigenvalue weighted by molar-refractivity contribution is 5.91. The molecule has 0 amide bonds. The first-order valence-corrected chi connectivity index (χ1v) is 7.60. The zero-order valence-corrected chi connectivity index (χ0v) is 12.8. The number of ether oxygens (including phenoxy) is 2. The summed E-state index contributed by atoms with van der Waals surface area (Å²) in [6.07, 6.45) is -4.06. The topological polar surface area (TPSA) is 129 Å². The van der Waals surface area contributed by atoms with E-state index in [1.807, 2.05) is 0 Å². The minimum Gasteiger partial charge on any atom is -0.458 e. The molecular formula is C15H20O8. The number of aliphatic hydroxyl groups excluding tert-OH is 2. The Bertz CT molecular complexity index is 602. The first kappa shape index (κ1) is 15.5. The molecule has 0 radical (unpaired) electrons. The monoisotopic (exact) mass is 328 g/mol. The fourth-order valence-corrected chi connectivity index (χ4v) is 5.11. The van der Waals surface area contributed by atoms with Gasteiger partial charge in [0.25, 0.3) is 0 Å². The summed E-state index contributed by atoms with van der Waals surface area (Å²) in [6.45, 7) is 6.66. The maximum absolute atomic E-state index is 11.9. The van der Waals surface area contributed by atoms with Gasteiger partial charge in [0, 0.05) is 12.0 Å². The van der Waals surface area contributed by atoms with Crippen LogP contribution >= 0.6 is 0 Å². The van der Waals surface area contributed by atoms with Crippen LogP contribution in [-0.2, 0) is 19.2 Å². The molecule has 0 aromatic rings. The minimum absolute atomic E-state index is 0.0594. The molecule has 2 aliphatic heterocycles. The SMILES string of the molecule is C=C1C(=O)O[C@H]2[C@H]1[C@H](O)C[C@@](C)(OO)[C@@]13O[C@@H]1[C@H](O)[C@@](C)(O)[C@@H]23. The second-order valence-corrected chi connectivity index (χ2v) is 7.49. The van der Waals surface area contributed by atoms with Crippen molar-refractivity contribution in [3.05, 3.63) is 12.2 Å². The number of hydrogen-bond acceptors (Lipinski definition) is 8. The maximum atomic E-state index is 11.9. The molecule has 4 rings (SSSR count). The smallest absolute Gasteiger partial charge is 0.334 e. The number of hydrogen-bond donors (Lipinski definition) is 4. The van der Waals surface area contributed by atoms with E-state index < -0.39 is 59.0 Å². The maximum Gasteiger partial charge on any atom is 0.334 e. The largest absolute Gasteiger partial charge is 0.458 e. The first-order valence-electron chi connectivity index (χ1n) is 7.60. The molecular weight excluding hydrogens is 308 g/mol. The van der Waals surface area contributed by atoms with Crippen LogP contribution in [0.5, 0.6) is 0 Å². The van der Waals surface area contributed by atoms with Crippen molar-refractivity contribution in [2.24, 2.45) is 11.8 Å². The van der Waals surface area contributed by atoms with Crippen LogP contribution < -0.4 is 0 Å². The van der Waals surface area contributed by atoms with Crippen LogP contribution in [0.3, 0.4) is 0 Å². The summed E-state index contributed by atoms with van der Waals surface area (Å²) < 4.78 is 11.0. The van der Waals surface area contributed by atoms with Gasteiger partial charge in [0.2, 0.25) is 0 Å². The highest BCUT2D eigenvalue weighted by atomic mass is 17.1. The fraction of sp³-hybridized carbons (Fsp3) is 0.800. The Morgan fingerprint density at radius 1 is 1.35 bits per heavy atom. The molecule has 4 aliphatic rings. The van der Waals surface area contributed by atoms with Gasteiger partial charge in [0.05, 0.1) is 23.5 Å². The quantitative estimate of drug-likeness (QED) is 0.158. The molecule has 8 heteroatoms. The number of fused-ring (bicyclic) bond motifs is 2. The van der Waals surface area contributed by atoms with Crippen LogP contribution in [0, 0.1) is 11.8 Å². The van der Waals surface area contributed by atoms with Gasteiger partial charge in [-0.15, -0.1) is 0 Å². The average Bonchev–Trinajstić information content (AvgIpc) is 3.11. The molecule has 0 bridgehead atoms. The van der Waals surface area contributed by atoms with Crippen LogP contribution in [-0.4, -0.2) is 67.8 Å². The molecule has 128 valence electrons. The summed E-state index contributed by atoms with van der Waals surface area (Å²) in [5.74, 6) is -2.28. The van der Waals surface area contributed by atoms with Gasteiger partial charge in [-0.05, 0) is 13.8 Å². The molecule has 0 aromatic carbocycles. The summed E-state index contributed by atoms with van der Waals surface area (Å²) in [6, 6.07) is 0. The van der Waals surface area contributed by atoms with Crippen molar-refractivity contribution in [1.29, 1.82) is 0 Å². The fourth-order valence-electron chi connectivity index (χ4n) is 5.11. The Labute approximate surface area is 132 Å². The highest BCUT2D eigenvalue weighted by Crippen LogP contribution is 2.68. The van der Waals surface area contributed by atoms with E-state index in [0.717, 1.165) is 0 Å². The predicted octanol–water partition coefficient (Wildman–Crippen LogP) is -1.02. The van der Waals surface area contributed by atoms with Crippen LogP contribution in [0.25, 0.3) is 0 Å². The summed E-state index contributed by atoms with van der Waals surface area (Å²) in [5.41, 5.74) is -4.16. The number of carbonyl (C=O) groups excluding carboxylic acids is 1. The van der Waals surface area contributed by atoms with Crippen LogP contribution in [0.4, 0.5) is 0 Å². The third-order valence-electron chi connectivity index (χ3n) is 6.30. The van der Waals surface area contributed by atoms with Gasteiger partial charge < -0.3 is 24.8 Å². The van der Waals surface area contributed by atoms with E-state index in [2.05, 4.69) is 11.5 Å². The lowest BCUT2D eigenvalue weighted by Gasteiger charge is -2.40. The van der Waals surface area contributed by atoms with Crippen molar-refractivity contribution in [1.82, 2.24) is 0 Å². The molecule has 0 unspecified atom stereocenters. The van der Waals surface area contributed by atoms with E-state index in [-0.39, 0.29) is 12.0 Å². The first-order chi connectivity index (χ1) is 10.6. The lowest BCUT2D eigenvalue weighted by atomic mass is 9.73. The molecule has 2 saturated carbocycles. The van der Waals surface area contributed by atoms with Crippen molar-refractivity contribution in [2.45, 2.75) is 61.5 Å². The predicted molar refractivity (Wildman–Crippen MR) is 73.0 cm³/mol. The third kappa shape index (κ3) is 1.50. The number of esters is 1. The van der Waals surface area contributed by atoms with Crippen LogP contribution in [0.1, 0.15) is 20.3 Å². The van der Waals surface area contributed by atoms with Gasteiger partial charge >= 0.3 is 5.97 Å². The molecule has 1 spiro atoms. The summed E-state index contributed by atoms with van der Waals surface area (Å²) in [4.78, 5) is 16.6. The van der Waals surface area contributed by atoms with Crippen molar-refractivity contribution in [2.75, 3.05) is 0 Å². The molecule has 4 N–H and O–H groups in total. The van der Waals surface area contributed by atoms with Crippen molar-refractivity contribution in [3.8, 4) is 0 Å². The van der Waals surface area contributed by atoms with Crippen LogP contribution in [0.2, 0.25) is 0 Å². The average molecular weight is 328 g/mol. The van der Waals surface area contributed by atoms with Crippen molar-refractivity contribution >= 4 is 5.97 Å².